The zero-order chi connectivity index (χ0) is 21.1. The highest BCUT2D eigenvalue weighted by Crippen LogP contribution is 2.30. The van der Waals surface area contributed by atoms with Crippen LogP contribution >= 0.6 is 0 Å². The summed E-state index contributed by atoms with van der Waals surface area (Å²) in [5, 5.41) is 11.7. The Balaban J connectivity index is 1.38. The lowest BCUT2D eigenvalue weighted by atomic mass is 10.1. The van der Waals surface area contributed by atoms with Crippen LogP contribution in [0.15, 0.2) is 47.7 Å². The molecular formula is C20H20F3N5O2. The zero-order valence-electron chi connectivity index (χ0n) is 15.9. The zero-order valence-corrected chi connectivity index (χ0v) is 15.9. The van der Waals surface area contributed by atoms with Gasteiger partial charge in [0.15, 0.2) is 0 Å². The number of carbonyl (C=O) groups excluding carboxylic acids is 1. The van der Waals surface area contributed by atoms with E-state index in [-0.39, 0.29) is 17.8 Å². The number of aromatic nitrogens is 1. The number of amides is 1. The molecule has 30 heavy (non-hydrogen) atoms. The molecule has 1 fully saturated rings. The number of benzene rings is 1. The van der Waals surface area contributed by atoms with Gasteiger partial charge in [-0.1, -0.05) is 12.1 Å². The van der Waals surface area contributed by atoms with E-state index in [9.17, 15) is 18.0 Å². The van der Waals surface area contributed by atoms with E-state index in [1.54, 1.807) is 12.1 Å². The molecule has 3 heterocycles. The van der Waals surface area contributed by atoms with Gasteiger partial charge in [0.25, 0.3) is 5.91 Å². The second-order valence-corrected chi connectivity index (χ2v) is 6.96. The van der Waals surface area contributed by atoms with Crippen LogP contribution in [0.3, 0.4) is 0 Å². The van der Waals surface area contributed by atoms with E-state index in [1.165, 1.54) is 11.1 Å². The Morgan fingerprint density at radius 1 is 1.20 bits per heavy atom. The Hall–Kier alpha value is -2.98. The van der Waals surface area contributed by atoms with Crippen LogP contribution in [0.25, 0.3) is 0 Å². The van der Waals surface area contributed by atoms with Crippen molar-refractivity contribution in [3.63, 3.8) is 0 Å². The topological polar surface area (TPSA) is 78.8 Å². The molecule has 10 heteroatoms. The Morgan fingerprint density at radius 3 is 2.63 bits per heavy atom. The average Bonchev–Trinajstić information content (AvgIpc) is 3.25. The van der Waals surface area contributed by atoms with Gasteiger partial charge in [-0.05, 0) is 29.8 Å². The highest BCUT2D eigenvalue weighted by atomic mass is 19.4. The first-order valence-corrected chi connectivity index (χ1v) is 9.52. The van der Waals surface area contributed by atoms with Gasteiger partial charge in [-0.25, -0.2) is 9.99 Å². The number of carbonyl (C=O) groups is 1. The van der Waals surface area contributed by atoms with Crippen molar-refractivity contribution in [1.29, 1.82) is 0 Å². The van der Waals surface area contributed by atoms with Crippen molar-refractivity contribution in [2.24, 2.45) is 5.10 Å². The third-order valence-corrected chi connectivity index (χ3v) is 4.87. The summed E-state index contributed by atoms with van der Waals surface area (Å²) < 4.78 is 43.7. The second-order valence-electron chi connectivity index (χ2n) is 6.96. The summed E-state index contributed by atoms with van der Waals surface area (Å²) in [5.41, 5.74) is 1.12. The molecular weight excluding hydrogens is 399 g/mol. The molecule has 0 bridgehead atoms. The molecule has 2 aliphatic rings. The lowest BCUT2D eigenvalue weighted by Gasteiger charge is -2.24. The number of nitrogens with one attached hydrogen (secondary N) is 2. The SMILES string of the molecule is O=C(Nc1ccc([C@@H]2CNCCO2)cc1)C1=NN(c2ccc(C(F)(F)F)cn2)CC1. The Labute approximate surface area is 170 Å². The molecule has 2 aliphatic heterocycles. The number of halogens is 3. The highest BCUT2D eigenvalue weighted by molar-refractivity contribution is 6.43. The molecule has 0 saturated carbocycles. The van der Waals surface area contributed by atoms with Crippen molar-refractivity contribution < 1.29 is 22.7 Å². The molecule has 0 spiro atoms. The third kappa shape index (κ3) is 4.60. The van der Waals surface area contributed by atoms with Crippen molar-refractivity contribution in [3.8, 4) is 0 Å². The standard InChI is InChI=1S/C20H20F3N5O2/c21-20(22,23)14-3-6-18(25-11-14)28-9-7-16(27-28)19(29)26-15-4-1-13(2-5-15)17-12-24-8-10-30-17/h1-6,11,17,24H,7-10,12H2,(H,26,29)/t17-/m0/s1. The fourth-order valence-electron chi connectivity index (χ4n) is 3.25. The molecule has 1 aromatic carbocycles. The summed E-state index contributed by atoms with van der Waals surface area (Å²) in [5.74, 6) is -0.0935. The quantitative estimate of drug-likeness (QED) is 0.797. The van der Waals surface area contributed by atoms with Gasteiger partial charge < -0.3 is 15.4 Å². The summed E-state index contributed by atoms with van der Waals surface area (Å²) in [6, 6.07) is 9.60. The molecule has 7 nitrogen and oxygen atoms in total. The molecule has 1 atom stereocenters. The van der Waals surface area contributed by atoms with Gasteiger partial charge in [-0.15, -0.1) is 0 Å². The number of anilines is 2. The lowest BCUT2D eigenvalue weighted by Crippen LogP contribution is -2.33. The average molecular weight is 419 g/mol. The van der Waals surface area contributed by atoms with E-state index in [0.717, 1.165) is 30.9 Å². The van der Waals surface area contributed by atoms with E-state index in [2.05, 4.69) is 20.7 Å². The van der Waals surface area contributed by atoms with Crippen LogP contribution in [0.4, 0.5) is 24.7 Å². The number of alkyl halides is 3. The Morgan fingerprint density at radius 2 is 2.00 bits per heavy atom. The van der Waals surface area contributed by atoms with Crippen LogP contribution in [0.5, 0.6) is 0 Å². The first-order chi connectivity index (χ1) is 14.4. The third-order valence-electron chi connectivity index (χ3n) is 4.87. The number of hydrazone groups is 1. The molecule has 4 rings (SSSR count). The minimum atomic E-state index is -4.44. The van der Waals surface area contributed by atoms with Crippen LogP contribution < -0.4 is 15.6 Å². The largest absolute Gasteiger partial charge is 0.417 e. The van der Waals surface area contributed by atoms with Crippen LogP contribution in [-0.2, 0) is 15.7 Å². The van der Waals surface area contributed by atoms with E-state index in [4.69, 9.17) is 4.74 Å². The number of morpholine rings is 1. The van der Waals surface area contributed by atoms with Gasteiger partial charge in [0.2, 0.25) is 0 Å². The monoisotopic (exact) mass is 419 g/mol. The molecule has 2 aromatic rings. The van der Waals surface area contributed by atoms with E-state index >= 15 is 0 Å². The van der Waals surface area contributed by atoms with Gasteiger partial charge >= 0.3 is 6.18 Å². The first kappa shape index (κ1) is 20.3. The number of ether oxygens (including phenoxy) is 1. The maximum absolute atomic E-state index is 12.7. The Bertz CT molecular complexity index is 923. The summed E-state index contributed by atoms with van der Waals surface area (Å²) in [7, 11) is 0. The molecule has 1 amide bonds. The van der Waals surface area contributed by atoms with Crippen molar-refractivity contribution in [1.82, 2.24) is 10.3 Å². The van der Waals surface area contributed by atoms with Crippen molar-refractivity contribution in [2.75, 3.05) is 36.6 Å². The lowest BCUT2D eigenvalue weighted by molar-refractivity contribution is -0.137. The fraction of sp³-hybridized carbons (Fsp3) is 0.350. The molecule has 0 radical (unpaired) electrons. The van der Waals surface area contributed by atoms with E-state index in [1.807, 2.05) is 12.1 Å². The summed E-state index contributed by atoms with van der Waals surface area (Å²) in [6.07, 6.45) is -3.32. The smallest absolute Gasteiger partial charge is 0.371 e. The van der Waals surface area contributed by atoms with Crippen molar-refractivity contribution in [3.05, 3.63) is 53.7 Å². The second kappa shape index (κ2) is 8.41. The van der Waals surface area contributed by atoms with Gasteiger partial charge in [-0.3, -0.25) is 4.79 Å². The molecule has 0 aliphatic carbocycles. The fourth-order valence-corrected chi connectivity index (χ4v) is 3.25. The van der Waals surface area contributed by atoms with Gasteiger partial charge in [0.1, 0.15) is 11.5 Å². The number of hydrogen-bond acceptors (Lipinski definition) is 6. The number of nitrogens with zero attached hydrogens (tertiary/aromatic N) is 3. The maximum Gasteiger partial charge on any atom is 0.417 e. The summed E-state index contributed by atoms with van der Waals surface area (Å²) >= 11 is 0. The van der Waals surface area contributed by atoms with Crippen LogP contribution in [0, 0.1) is 0 Å². The van der Waals surface area contributed by atoms with Crippen LogP contribution in [0.2, 0.25) is 0 Å². The predicted molar refractivity (Wildman–Crippen MR) is 105 cm³/mol. The normalized spacial score (nSPS) is 19.5. The van der Waals surface area contributed by atoms with Gasteiger partial charge in [-0.2, -0.15) is 18.3 Å². The predicted octanol–water partition coefficient (Wildman–Crippen LogP) is 2.97. The maximum atomic E-state index is 12.7. The minimum absolute atomic E-state index is 0.00694. The van der Waals surface area contributed by atoms with Crippen molar-refractivity contribution in [2.45, 2.75) is 18.7 Å². The summed E-state index contributed by atoms with van der Waals surface area (Å²) in [4.78, 5) is 16.3. The van der Waals surface area contributed by atoms with E-state index < -0.39 is 11.7 Å². The molecule has 158 valence electrons. The minimum Gasteiger partial charge on any atom is -0.371 e. The number of pyridine rings is 1. The summed E-state index contributed by atoms with van der Waals surface area (Å²) in [6.45, 7) is 2.61. The number of hydrogen-bond donors (Lipinski definition) is 2. The first-order valence-electron chi connectivity index (χ1n) is 9.52. The molecule has 0 unspecified atom stereocenters. The number of rotatable bonds is 4. The molecule has 2 N–H and O–H groups in total. The Kier molecular flexibility index (Phi) is 5.69. The van der Waals surface area contributed by atoms with Crippen LogP contribution in [0.1, 0.15) is 23.7 Å². The molecule has 1 saturated heterocycles. The van der Waals surface area contributed by atoms with E-state index in [0.29, 0.717) is 31.0 Å². The van der Waals surface area contributed by atoms with Crippen LogP contribution in [-0.4, -0.2) is 42.8 Å². The molecule has 1 aromatic heterocycles. The van der Waals surface area contributed by atoms with Gasteiger partial charge in [0, 0.05) is 37.9 Å². The van der Waals surface area contributed by atoms with Crippen molar-refractivity contribution >= 4 is 23.1 Å². The van der Waals surface area contributed by atoms with Gasteiger partial charge in [0.05, 0.1) is 18.3 Å². The highest BCUT2D eigenvalue weighted by Gasteiger charge is 2.31.